The monoisotopic (exact) mass is 627 g/mol. The fourth-order valence-corrected chi connectivity index (χ4v) is 7.09. The van der Waals surface area contributed by atoms with Crippen molar-refractivity contribution in [1.29, 1.82) is 0 Å². The van der Waals surface area contributed by atoms with E-state index in [-0.39, 0.29) is 50.0 Å². The highest BCUT2D eigenvalue weighted by Gasteiger charge is 2.71. The highest BCUT2D eigenvalue weighted by Crippen LogP contribution is 2.51. The van der Waals surface area contributed by atoms with Gasteiger partial charge < -0.3 is 14.9 Å². The van der Waals surface area contributed by atoms with Crippen LogP contribution in [-0.2, 0) is 31.6 Å². The Balaban J connectivity index is 1.76. The van der Waals surface area contributed by atoms with Gasteiger partial charge in [0, 0.05) is 30.9 Å². The Morgan fingerprint density at radius 3 is 2.24 bits per heavy atom. The summed E-state index contributed by atoms with van der Waals surface area (Å²) in [5.41, 5.74) is -8.50. The van der Waals surface area contributed by atoms with Gasteiger partial charge in [0.15, 0.2) is 0 Å². The highest BCUT2D eigenvalue weighted by atomic mass is 32.2. The Labute approximate surface area is 236 Å². The quantitative estimate of drug-likeness (QED) is 0.429. The van der Waals surface area contributed by atoms with Crippen LogP contribution in [0, 0.1) is 11.7 Å². The molecule has 3 atom stereocenters. The minimum Gasteiger partial charge on any atom is -0.390 e. The molecular formula is C27H28F7NO6S. The molecule has 4 rings (SSSR count). The number of Topliss-reactive ketones (excluding diaryl/α,β-unsaturated/α-hetero) is 1. The van der Waals surface area contributed by atoms with E-state index < -0.39 is 67.6 Å². The molecule has 0 aliphatic carbocycles. The van der Waals surface area contributed by atoms with Crippen molar-refractivity contribution < 1.29 is 58.9 Å². The predicted molar refractivity (Wildman–Crippen MR) is 134 cm³/mol. The van der Waals surface area contributed by atoms with Crippen molar-refractivity contribution >= 4 is 21.5 Å². The van der Waals surface area contributed by atoms with Crippen LogP contribution < -0.4 is 4.31 Å². The van der Waals surface area contributed by atoms with Gasteiger partial charge in [0.05, 0.1) is 28.8 Å². The van der Waals surface area contributed by atoms with E-state index in [1.54, 1.807) is 6.92 Å². The molecule has 0 bridgehead atoms. The fraction of sp³-hybridized carbons (Fsp3) is 0.519. The summed E-state index contributed by atoms with van der Waals surface area (Å²) >= 11 is 0. The minimum atomic E-state index is -6.15. The molecule has 2 unspecified atom stereocenters. The second kappa shape index (κ2) is 11.1. The number of halogens is 7. The molecule has 2 N–H and O–H groups in total. The van der Waals surface area contributed by atoms with Gasteiger partial charge in [-0.2, -0.15) is 26.3 Å². The van der Waals surface area contributed by atoms with Crippen LogP contribution in [0.5, 0.6) is 0 Å². The number of sulfonamides is 1. The van der Waals surface area contributed by atoms with Gasteiger partial charge in [0.25, 0.3) is 15.6 Å². The molecule has 0 amide bonds. The van der Waals surface area contributed by atoms with E-state index in [1.165, 1.54) is 0 Å². The molecule has 42 heavy (non-hydrogen) atoms. The molecule has 15 heteroatoms. The number of hydrogen-bond donors (Lipinski definition) is 2. The Hall–Kier alpha value is -2.75. The van der Waals surface area contributed by atoms with Gasteiger partial charge in [-0.25, -0.2) is 12.8 Å². The smallest absolute Gasteiger partial charge is 0.390 e. The molecule has 7 nitrogen and oxygen atoms in total. The number of alkyl halides is 6. The van der Waals surface area contributed by atoms with E-state index in [4.69, 9.17) is 4.74 Å². The van der Waals surface area contributed by atoms with Gasteiger partial charge in [-0.05, 0) is 62.1 Å². The molecule has 0 aromatic heterocycles. The molecule has 1 saturated heterocycles. The van der Waals surface area contributed by atoms with Crippen molar-refractivity contribution in [2.45, 2.75) is 73.5 Å². The molecule has 2 aliphatic heterocycles. The van der Waals surface area contributed by atoms with Crippen LogP contribution in [0.3, 0.4) is 0 Å². The number of benzene rings is 2. The van der Waals surface area contributed by atoms with Gasteiger partial charge in [0.2, 0.25) is 0 Å². The summed E-state index contributed by atoms with van der Waals surface area (Å²) in [6.45, 7) is 1.94. The molecule has 2 aromatic carbocycles. The molecule has 2 heterocycles. The predicted octanol–water partition coefficient (Wildman–Crippen LogP) is 4.78. The molecule has 0 saturated carbocycles. The first-order valence-corrected chi connectivity index (χ1v) is 14.3. The maximum atomic E-state index is 13.8. The fourth-order valence-electron chi connectivity index (χ4n) is 5.37. The van der Waals surface area contributed by atoms with Crippen molar-refractivity contribution in [2.75, 3.05) is 17.5 Å². The Morgan fingerprint density at radius 2 is 1.67 bits per heavy atom. The molecule has 1 fully saturated rings. The maximum absolute atomic E-state index is 13.8. The number of ketones is 1. The van der Waals surface area contributed by atoms with E-state index in [0.29, 0.717) is 18.7 Å². The summed E-state index contributed by atoms with van der Waals surface area (Å²) in [5.74, 6) is -1.79. The average Bonchev–Trinajstić information content (AvgIpc) is 2.87. The van der Waals surface area contributed by atoms with E-state index >= 15 is 0 Å². The van der Waals surface area contributed by atoms with Crippen LogP contribution in [0.2, 0.25) is 0 Å². The number of aliphatic hydroxyl groups is 2. The molecule has 0 radical (unpaired) electrons. The number of aryl methyl sites for hydroxylation is 1. The zero-order valence-corrected chi connectivity index (χ0v) is 23.0. The number of ether oxygens (including phenoxy) is 1. The van der Waals surface area contributed by atoms with Gasteiger partial charge >= 0.3 is 12.4 Å². The third-order valence-corrected chi connectivity index (χ3v) is 9.77. The topological polar surface area (TPSA) is 104 Å². The zero-order valence-electron chi connectivity index (χ0n) is 22.2. The Bertz CT molecular complexity index is 1410. The lowest BCUT2D eigenvalue weighted by Gasteiger charge is -2.40. The lowest BCUT2D eigenvalue weighted by atomic mass is 9.81. The maximum Gasteiger partial charge on any atom is 0.430 e. The first-order valence-electron chi connectivity index (χ1n) is 12.9. The lowest BCUT2D eigenvalue weighted by molar-refractivity contribution is -0.376. The van der Waals surface area contributed by atoms with Crippen molar-refractivity contribution in [3.8, 4) is 0 Å². The van der Waals surface area contributed by atoms with E-state index in [1.807, 2.05) is 0 Å². The summed E-state index contributed by atoms with van der Waals surface area (Å²) in [5, 5.41) is 20.5. The number of carbonyl (C=O) groups is 1. The highest BCUT2D eigenvalue weighted by molar-refractivity contribution is 7.92. The van der Waals surface area contributed by atoms with E-state index in [9.17, 15) is 54.2 Å². The van der Waals surface area contributed by atoms with Crippen molar-refractivity contribution in [3.05, 3.63) is 59.4 Å². The first kappa shape index (κ1) is 32.2. The number of nitrogens with zero attached hydrogens (tertiary/aromatic N) is 1. The van der Waals surface area contributed by atoms with E-state index in [0.717, 1.165) is 34.6 Å². The summed E-state index contributed by atoms with van der Waals surface area (Å²) < 4.78 is 128. The second-order valence-corrected chi connectivity index (χ2v) is 12.6. The van der Waals surface area contributed by atoms with Crippen LogP contribution in [0.1, 0.15) is 43.7 Å². The van der Waals surface area contributed by atoms with Crippen molar-refractivity contribution in [1.82, 2.24) is 0 Å². The summed E-state index contributed by atoms with van der Waals surface area (Å²) in [7, 11) is -4.61. The largest absolute Gasteiger partial charge is 0.430 e. The normalized spacial score (nSPS) is 23.9. The van der Waals surface area contributed by atoms with Crippen molar-refractivity contribution in [2.24, 2.45) is 5.92 Å². The van der Waals surface area contributed by atoms with Gasteiger partial charge in [-0.15, -0.1) is 0 Å². The van der Waals surface area contributed by atoms with Crippen LogP contribution in [0.15, 0.2) is 47.4 Å². The first-order chi connectivity index (χ1) is 19.3. The number of hydrogen-bond acceptors (Lipinski definition) is 6. The van der Waals surface area contributed by atoms with Crippen LogP contribution in [0.4, 0.5) is 36.4 Å². The van der Waals surface area contributed by atoms with Crippen molar-refractivity contribution in [3.63, 3.8) is 0 Å². The number of fused-ring (bicyclic) bond motifs is 1. The van der Waals surface area contributed by atoms with Crippen LogP contribution >= 0.6 is 0 Å². The summed E-state index contributed by atoms with van der Waals surface area (Å²) in [4.78, 5) is 12.7. The molecule has 2 aliphatic rings. The van der Waals surface area contributed by atoms with Gasteiger partial charge in [-0.1, -0.05) is 12.1 Å². The minimum absolute atomic E-state index is 0.0912. The number of carbonyl (C=O) groups excluding carboxylic acids is 1. The van der Waals surface area contributed by atoms with Crippen LogP contribution in [0.25, 0.3) is 0 Å². The second-order valence-electron chi connectivity index (χ2n) is 10.8. The standard InChI is InChI=1S/C27H28F7NO6S/c1-24(37)10-11-41-15-18(24)13-21(36)14-20-6-2-16-12-17(25(38,26(29,30)31)27(32,33)34)3-9-23(16)35(20)42(39,40)22-7-4-19(28)5-8-22/h3-5,7-9,12,18,20,37-38H,2,6,10-11,13-15H2,1H3/t18?,20-,24?/m0/s1. The zero-order chi connectivity index (χ0) is 31.3. The number of anilines is 1. The molecular weight excluding hydrogens is 599 g/mol. The molecule has 0 spiro atoms. The number of rotatable bonds is 7. The van der Waals surface area contributed by atoms with Gasteiger partial charge in [0.1, 0.15) is 11.6 Å². The molecule has 232 valence electrons. The third kappa shape index (κ3) is 5.88. The Morgan fingerprint density at radius 1 is 1.05 bits per heavy atom. The van der Waals surface area contributed by atoms with Gasteiger partial charge in [-0.3, -0.25) is 9.10 Å². The van der Waals surface area contributed by atoms with Crippen LogP contribution in [-0.4, -0.2) is 61.6 Å². The molecule has 2 aromatic rings. The Kier molecular flexibility index (Phi) is 8.48. The SMILES string of the molecule is CC1(O)CCOCC1CC(=O)C[C@@H]1CCc2cc(C(O)(C(F)(F)F)C(F)(F)F)ccc2N1S(=O)(=O)c1ccc(F)cc1. The average molecular weight is 628 g/mol. The summed E-state index contributed by atoms with van der Waals surface area (Å²) in [6, 6.07) is 4.02. The third-order valence-electron chi connectivity index (χ3n) is 7.89. The lowest BCUT2D eigenvalue weighted by Crippen LogP contribution is -2.54. The van der Waals surface area contributed by atoms with E-state index in [2.05, 4.69) is 0 Å². The summed E-state index contributed by atoms with van der Waals surface area (Å²) in [6.07, 6.45) is -13.0.